The molecule has 3 aromatic rings. The third-order valence-corrected chi connectivity index (χ3v) is 5.92. The summed E-state index contributed by atoms with van der Waals surface area (Å²) in [4.78, 5) is 31.8. The van der Waals surface area contributed by atoms with Crippen LogP contribution < -0.4 is 14.4 Å². The summed E-state index contributed by atoms with van der Waals surface area (Å²) >= 11 is 1.42. The van der Waals surface area contributed by atoms with E-state index in [4.69, 9.17) is 9.47 Å². The van der Waals surface area contributed by atoms with Crippen molar-refractivity contribution in [1.29, 1.82) is 0 Å². The molecule has 0 saturated heterocycles. The first-order valence-corrected chi connectivity index (χ1v) is 10.8. The number of ether oxygens (including phenoxy) is 2. The molecule has 1 aliphatic rings. The number of carbonyl (C=O) groups is 1. The molecule has 1 amide bonds. The molecule has 166 valence electrons. The lowest BCUT2D eigenvalue weighted by Crippen LogP contribution is -2.32. The number of amides is 1. The Balaban J connectivity index is 1.57. The predicted molar refractivity (Wildman–Crippen MR) is 123 cm³/mol. The Bertz CT molecular complexity index is 1130. The van der Waals surface area contributed by atoms with Crippen molar-refractivity contribution in [2.24, 2.45) is 0 Å². The zero-order valence-electron chi connectivity index (χ0n) is 17.7. The number of hydrogen-bond acceptors (Lipinski definition) is 8. The molecule has 32 heavy (non-hydrogen) atoms. The number of carbonyl (C=O) groups excluding carboxylic acids is 1. The molecule has 0 N–H and O–H groups in total. The van der Waals surface area contributed by atoms with Crippen molar-refractivity contribution in [3.63, 3.8) is 0 Å². The zero-order chi connectivity index (χ0) is 22.7. The van der Waals surface area contributed by atoms with Crippen molar-refractivity contribution >= 4 is 44.4 Å². The van der Waals surface area contributed by atoms with Crippen LogP contribution in [-0.2, 0) is 4.79 Å². The molecule has 1 aliphatic heterocycles. The van der Waals surface area contributed by atoms with E-state index in [0.29, 0.717) is 28.7 Å². The van der Waals surface area contributed by atoms with Gasteiger partial charge in [0.05, 0.1) is 15.1 Å². The topological polar surface area (TPSA) is 98.0 Å². The van der Waals surface area contributed by atoms with Crippen LogP contribution in [0.15, 0.2) is 42.5 Å². The van der Waals surface area contributed by atoms with E-state index in [1.54, 1.807) is 23.1 Å². The molecule has 0 spiro atoms. The molecule has 0 radical (unpaired) electrons. The number of nitrogens with zero attached hydrogens (tertiary/aromatic N) is 4. The quantitative estimate of drug-likeness (QED) is 0.289. The maximum absolute atomic E-state index is 13.1. The third-order valence-electron chi connectivity index (χ3n) is 4.88. The molecule has 0 bridgehead atoms. The van der Waals surface area contributed by atoms with E-state index in [-0.39, 0.29) is 18.4 Å². The minimum Gasteiger partial charge on any atom is -0.454 e. The van der Waals surface area contributed by atoms with Crippen molar-refractivity contribution in [3.05, 3.63) is 58.2 Å². The second-order valence-corrected chi connectivity index (χ2v) is 8.51. The number of benzene rings is 2. The van der Waals surface area contributed by atoms with Gasteiger partial charge in [-0.15, -0.1) is 0 Å². The summed E-state index contributed by atoms with van der Waals surface area (Å²) in [5.41, 5.74) is 1.46. The average Bonchev–Trinajstić information content (AvgIpc) is 3.39. The molecule has 0 aliphatic carbocycles. The summed E-state index contributed by atoms with van der Waals surface area (Å²) in [5, 5.41) is 11.4. The summed E-state index contributed by atoms with van der Waals surface area (Å²) in [6, 6.07) is 9.75. The number of fused-ring (bicyclic) bond motifs is 2. The normalized spacial score (nSPS) is 12.7. The Kier molecular flexibility index (Phi) is 6.33. The van der Waals surface area contributed by atoms with E-state index in [1.807, 2.05) is 26.2 Å². The van der Waals surface area contributed by atoms with Crippen LogP contribution in [-0.4, -0.2) is 54.7 Å². The van der Waals surface area contributed by atoms with E-state index < -0.39 is 4.92 Å². The van der Waals surface area contributed by atoms with Gasteiger partial charge in [0.25, 0.3) is 11.6 Å². The second-order valence-electron chi connectivity index (χ2n) is 7.50. The van der Waals surface area contributed by atoms with Gasteiger partial charge in [0.1, 0.15) is 0 Å². The van der Waals surface area contributed by atoms with Crippen LogP contribution in [0.5, 0.6) is 11.5 Å². The van der Waals surface area contributed by atoms with Crippen LogP contribution in [0.25, 0.3) is 16.3 Å². The minimum atomic E-state index is -0.454. The first-order chi connectivity index (χ1) is 15.4. The molecule has 9 nitrogen and oxygen atoms in total. The second kappa shape index (κ2) is 9.33. The van der Waals surface area contributed by atoms with E-state index >= 15 is 0 Å². The highest BCUT2D eigenvalue weighted by Crippen LogP contribution is 2.39. The molecule has 0 unspecified atom stereocenters. The van der Waals surface area contributed by atoms with Gasteiger partial charge in [0.2, 0.25) is 6.79 Å². The Morgan fingerprint density at radius 3 is 2.59 bits per heavy atom. The molecule has 0 saturated carbocycles. The molecule has 10 heteroatoms. The number of nitro benzene ring substituents is 1. The molecule has 0 fully saturated rings. The fourth-order valence-corrected chi connectivity index (χ4v) is 4.24. The first kappa shape index (κ1) is 21.7. The van der Waals surface area contributed by atoms with E-state index in [0.717, 1.165) is 23.2 Å². The molecule has 4 rings (SSSR count). The highest BCUT2D eigenvalue weighted by Gasteiger charge is 2.21. The lowest BCUT2D eigenvalue weighted by Gasteiger charge is -2.19. The lowest BCUT2D eigenvalue weighted by molar-refractivity contribution is -0.384. The number of aromatic nitrogens is 1. The number of nitro groups is 1. The Morgan fingerprint density at radius 2 is 1.91 bits per heavy atom. The highest BCUT2D eigenvalue weighted by molar-refractivity contribution is 7.22. The number of anilines is 1. The fourth-order valence-electron chi connectivity index (χ4n) is 3.23. The van der Waals surface area contributed by atoms with Gasteiger partial charge in [-0.1, -0.05) is 11.3 Å². The van der Waals surface area contributed by atoms with Gasteiger partial charge in [0.15, 0.2) is 16.6 Å². The molecule has 1 aromatic heterocycles. The summed E-state index contributed by atoms with van der Waals surface area (Å²) < 4.78 is 11.8. The van der Waals surface area contributed by atoms with Gasteiger partial charge in [-0.3, -0.25) is 19.8 Å². The summed E-state index contributed by atoms with van der Waals surface area (Å²) in [6.07, 6.45) is 3.90. The molecule has 2 heterocycles. The predicted octanol–water partition coefficient (Wildman–Crippen LogP) is 3.93. The number of non-ortho nitro benzene ring substituents is 1. The van der Waals surface area contributed by atoms with Gasteiger partial charge in [-0.05, 0) is 50.8 Å². The smallest absolute Gasteiger partial charge is 0.269 e. The van der Waals surface area contributed by atoms with E-state index in [1.165, 1.54) is 29.5 Å². The molecular formula is C22H22N4O5S. The Morgan fingerprint density at radius 1 is 1.19 bits per heavy atom. The summed E-state index contributed by atoms with van der Waals surface area (Å²) in [6.45, 7) is 1.53. The number of rotatable bonds is 8. The summed E-state index contributed by atoms with van der Waals surface area (Å²) in [5.74, 6) is 1.12. The average molecular weight is 455 g/mol. The van der Waals surface area contributed by atoms with Crippen LogP contribution in [0.1, 0.15) is 12.0 Å². The van der Waals surface area contributed by atoms with Crippen LogP contribution >= 0.6 is 11.3 Å². The van der Waals surface area contributed by atoms with Gasteiger partial charge in [0, 0.05) is 36.9 Å². The zero-order valence-corrected chi connectivity index (χ0v) is 18.5. The van der Waals surface area contributed by atoms with Crippen LogP contribution in [0.2, 0.25) is 0 Å². The summed E-state index contributed by atoms with van der Waals surface area (Å²) in [7, 11) is 3.97. The number of hydrogen-bond donors (Lipinski definition) is 0. The van der Waals surface area contributed by atoms with Crippen LogP contribution in [0, 0.1) is 10.1 Å². The van der Waals surface area contributed by atoms with E-state index in [9.17, 15) is 14.9 Å². The lowest BCUT2D eigenvalue weighted by atomic mass is 10.2. The van der Waals surface area contributed by atoms with E-state index in [2.05, 4.69) is 9.88 Å². The highest BCUT2D eigenvalue weighted by atomic mass is 32.1. The van der Waals surface area contributed by atoms with Crippen molar-refractivity contribution in [2.75, 3.05) is 38.9 Å². The maximum Gasteiger partial charge on any atom is 0.269 e. The standard InChI is InChI=1S/C22H22N4O5S/c1-24(2)10-3-11-25(21(27)9-6-15-4-7-16(8-5-15)26(28)29)22-23-17-12-18-19(31-14-30-18)13-20(17)32-22/h4-9,12-13H,3,10-11,14H2,1-2H3. The van der Waals surface area contributed by atoms with Crippen molar-refractivity contribution in [1.82, 2.24) is 9.88 Å². The van der Waals surface area contributed by atoms with Crippen molar-refractivity contribution in [3.8, 4) is 11.5 Å². The fraction of sp³-hybridized carbons (Fsp3) is 0.273. The van der Waals surface area contributed by atoms with Crippen molar-refractivity contribution in [2.45, 2.75) is 6.42 Å². The van der Waals surface area contributed by atoms with Crippen LogP contribution in [0.4, 0.5) is 10.8 Å². The minimum absolute atomic E-state index is 0.00752. The Hall–Kier alpha value is -3.50. The van der Waals surface area contributed by atoms with Gasteiger partial charge in [-0.25, -0.2) is 4.98 Å². The van der Waals surface area contributed by atoms with Crippen LogP contribution in [0.3, 0.4) is 0 Å². The SMILES string of the molecule is CN(C)CCCN(C(=O)C=Cc1ccc([N+](=O)[O-])cc1)c1nc2cc3c(cc2s1)OCO3. The van der Waals surface area contributed by atoms with Crippen molar-refractivity contribution < 1.29 is 19.2 Å². The first-order valence-electron chi connectivity index (χ1n) is 9.99. The maximum atomic E-state index is 13.1. The number of thiazole rings is 1. The van der Waals surface area contributed by atoms with Gasteiger partial charge < -0.3 is 14.4 Å². The van der Waals surface area contributed by atoms with Gasteiger partial charge >= 0.3 is 0 Å². The Labute approximate surface area is 188 Å². The van der Waals surface area contributed by atoms with Gasteiger partial charge in [-0.2, -0.15) is 0 Å². The molecule has 0 atom stereocenters. The third kappa shape index (κ3) is 4.87. The molecule has 2 aromatic carbocycles. The largest absolute Gasteiger partial charge is 0.454 e. The molecular weight excluding hydrogens is 432 g/mol. The monoisotopic (exact) mass is 454 g/mol.